The van der Waals surface area contributed by atoms with Crippen molar-refractivity contribution < 1.29 is 9.59 Å². The molecule has 7 nitrogen and oxygen atoms in total. The molecular weight excluding hydrogens is 390 g/mol. The van der Waals surface area contributed by atoms with E-state index in [2.05, 4.69) is 10.3 Å². The lowest BCUT2D eigenvalue weighted by Gasteiger charge is -2.41. The first-order chi connectivity index (χ1) is 13.7. The molecule has 0 radical (unpaired) electrons. The van der Waals surface area contributed by atoms with E-state index >= 15 is 0 Å². The van der Waals surface area contributed by atoms with Gasteiger partial charge in [-0.1, -0.05) is 36.7 Å². The van der Waals surface area contributed by atoms with Gasteiger partial charge in [0.25, 0.3) is 0 Å². The number of hydrogen-bond donors (Lipinski definition) is 3. The highest BCUT2D eigenvalue weighted by Gasteiger charge is 2.46. The van der Waals surface area contributed by atoms with Crippen molar-refractivity contribution >= 4 is 29.2 Å². The Kier molecular flexibility index (Phi) is 7.59. The standard InChI is InChI=1S/C21H28ClN5O2/c1-4-27(3)21(2,20(24)29)17(11-14-6-5-7-16(22)10-14)19(28)26-13-15-8-9-18(23)25-12-15/h5-10,12,17H,4,11,13H2,1-3H3,(H2,23,25)(H2,24,29)(H,26,28)/t17-,21?/m1/s1. The zero-order valence-electron chi connectivity index (χ0n) is 17.0. The molecular formula is C21H28ClN5O2. The molecule has 0 aliphatic carbocycles. The average molecular weight is 418 g/mol. The van der Waals surface area contributed by atoms with Crippen molar-refractivity contribution in [2.75, 3.05) is 19.3 Å². The molecule has 5 N–H and O–H groups in total. The summed E-state index contributed by atoms with van der Waals surface area (Å²) >= 11 is 6.11. The molecule has 1 heterocycles. The first-order valence-corrected chi connectivity index (χ1v) is 9.80. The number of amides is 2. The molecule has 2 rings (SSSR count). The molecule has 2 amide bonds. The van der Waals surface area contributed by atoms with Crippen LogP contribution in [-0.4, -0.2) is 40.8 Å². The molecule has 1 unspecified atom stereocenters. The number of likely N-dealkylation sites (N-methyl/N-ethyl adjacent to an activating group) is 1. The lowest BCUT2D eigenvalue weighted by Crippen LogP contribution is -2.62. The SMILES string of the molecule is CCN(C)C(C)(C(N)=O)[C@H](Cc1cccc(Cl)c1)C(=O)NCc1ccc(N)nc1. The van der Waals surface area contributed by atoms with Crippen LogP contribution in [-0.2, 0) is 22.6 Å². The quantitative estimate of drug-likeness (QED) is 0.577. The number of nitrogens with one attached hydrogen (secondary N) is 1. The number of carbonyl (C=O) groups excluding carboxylic acids is 2. The van der Waals surface area contributed by atoms with E-state index < -0.39 is 17.4 Å². The van der Waals surface area contributed by atoms with Gasteiger partial charge in [-0.15, -0.1) is 0 Å². The van der Waals surface area contributed by atoms with E-state index in [-0.39, 0.29) is 12.5 Å². The van der Waals surface area contributed by atoms with E-state index in [1.54, 1.807) is 49.3 Å². The lowest BCUT2D eigenvalue weighted by molar-refractivity contribution is -0.141. The third-order valence-electron chi connectivity index (χ3n) is 5.40. The van der Waals surface area contributed by atoms with E-state index in [9.17, 15) is 9.59 Å². The van der Waals surface area contributed by atoms with E-state index in [1.165, 1.54) is 0 Å². The molecule has 1 aromatic heterocycles. The summed E-state index contributed by atoms with van der Waals surface area (Å²) in [5.74, 6) is -1.14. The predicted octanol–water partition coefficient (Wildman–Crippen LogP) is 1.99. The van der Waals surface area contributed by atoms with Crippen molar-refractivity contribution in [3.63, 3.8) is 0 Å². The Balaban J connectivity index is 2.32. The summed E-state index contributed by atoms with van der Waals surface area (Å²) in [6.45, 7) is 4.44. The second-order valence-corrected chi connectivity index (χ2v) is 7.66. The van der Waals surface area contributed by atoms with Crippen molar-refractivity contribution in [2.45, 2.75) is 32.4 Å². The molecule has 0 saturated heterocycles. The lowest BCUT2D eigenvalue weighted by atomic mass is 9.78. The highest BCUT2D eigenvalue weighted by molar-refractivity contribution is 6.30. The first kappa shape index (κ1) is 22.6. The van der Waals surface area contributed by atoms with Gasteiger partial charge in [0, 0.05) is 17.8 Å². The normalized spacial score (nSPS) is 14.2. The summed E-state index contributed by atoms with van der Waals surface area (Å²) in [5.41, 5.74) is 11.9. The predicted molar refractivity (Wildman–Crippen MR) is 115 cm³/mol. The molecule has 0 aliphatic heterocycles. The minimum absolute atomic E-state index is 0.267. The third kappa shape index (κ3) is 5.46. The fourth-order valence-electron chi connectivity index (χ4n) is 3.25. The zero-order valence-corrected chi connectivity index (χ0v) is 17.7. The average Bonchev–Trinajstić information content (AvgIpc) is 2.70. The van der Waals surface area contributed by atoms with Crippen LogP contribution in [0.3, 0.4) is 0 Å². The van der Waals surface area contributed by atoms with Gasteiger partial charge in [0.05, 0.1) is 5.92 Å². The van der Waals surface area contributed by atoms with Gasteiger partial charge in [0.15, 0.2) is 0 Å². The Morgan fingerprint density at radius 2 is 2.00 bits per heavy atom. The van der Waals surface area contributed by atoms with Crippen LogP contribution in [0.25, 0.3) is 0 Å². The van der Waals surface area contributed by atoms with E-state index in [0.29, 0.717) is 23.8 Å². The summed E-state index contributed by atoms with van der Waals surface area (Å²) in [7, 11) is 1.78. The van der Waals surface area contributed by atoms with Gasteiger partial charge < -0.3 is 16.8 Å². The van der Waals surface area contributed by atoms with Crippen molar-refractivity contribution in [1.82, 2.24) is 15.2 Å². The topological polar surface area (TPSA) is 114 Å². The molecule has 2 aromatic rings. The molecule has 0 saturated carbocycles. The molecule has 0 spiro atoms. The maximum absolute atomic E-state index is 13.2. The molecule has 29 heavy (non-hydrogen) atoms. The zero-order chi connectivity index (χ0) is 21.6. The van der Waals surface area contributed by atoms with Crippen LogP contribution >= 0.6 is 11.6 Å². The number of rotatable bonds is 9. The number of carbonyl (C=O) groups is 2. The second-order valence-electron chi connectivity index (χ2n) is 7.22. The number of aromatic nitrogens is 1. The van der Waals surface area contributed by atoms with Crippen LogP contribution in [0.2, 0.25) is 5.02 Å². The van der Waals surface area contributed by atoms with Crippen molar-refractivity contribution in [3.8, 4) is 0 Å². The Morgan fingerprint density at radius 3 is 2.55 bits per heavy atom. The monoisotopic (exact) mass is 417 g/mol. The number of nitrogens with two attached hydrogens (primary N) is 2. The van der Waals surface area contributed by atoms with Crippen LogP contribution in [0.15, 0.2) is 42.6 Å². The van der Waals surface area contributed by atoms with Crippen LogP contribution in [0.1, 0.15) is 25.0 Å². The van der Waals surface area contributed by atoms with Gasteiger partial charge in [-0.2, -0.15) is 0 Å². The van der Waals surface area contributed by atoms with Crippen molar-refractivity contribution in [1.29, 1.82) is 0 Å². The maximum Gasteiger partial charge on any atom is 0.238 e. The summed E-state index contributed by atoms with van der Waals surface area (Å²) in [4.78, 5) is 31.5. The van der Waals surface area contributed by atoms with E-state index in [4.69, 9.17) is 23.1 Å². The fraction of sp³-hybridized carbons (Fsp3) is 0.381. The van der Waals surface area contributed by atoms with E-state index in [1.807, 2.05) is 19.1 Å². The number of anilines is 1. The summed E-state index contributed by atoms with van der Waals surface area (Å²) in [6.07, 6.45) is 1.92. The second kappa shape index (κ2) is 9.71. The molecule has 0 bridgehead atoms. The number of pyridine rings is 1. The number of nitrogen functional groups attached to an aromatic ring is 1. The number of hydrogen-bond acceptors (Lipinski definition) is 5. The Hall–Kier alpha value is -2.64. The molecule has 8 heteroatoms. The van der Waals surface area contributed by atoms with Crippen LogP contribution < -0.4 is 16.8 Å². The number of benzene rings is 1. The minimum atomic E-state index is -1.18. The van der Waals surface area contributed by atoms with Crippen molar-refractivity contribution in [2.24, 2.45) is 11.7 Å². The Labute approximate surface area is 176 Å². The highest BCUT2D eigenvalue weighted by Crippen LogP contribution is 2.28. The van der Waals surface area contributed by atoms with Crippen molar-refractivity contribution in [3.05, 3.63) is 58.7 Å². The molecule has 2 atom stereocenters. The van der Waals surface area contributed by atoms with Gasteiger partial charge in [-0.05, 0) is 56.3 Å². The summed E-state index contributed by atoms with van der Waals surface area (Å²) < 4.78 is 0. The van der Waals surface area contributed by atoms with Gasteiger partial charge in [-0.3, -0.25) is 14.5 Å². The van der Waals surface area contributed by atoms with Crippen LogP contribution in [0, 0.1) is 5.92 Å². The summed E-state index contributed by atoms with van der Waals surface area (Å²) in [5, 5.41) is 3.47. The molecule has 0 fully saturated rings. The van der Waals surface area contributed by atoms with Gasteiger partial charge >= 0.3 is 0 Å². The number of primary amides is 1. The van der Waals surface area contributed by atoms with Gasteiger partial charge in [-0.25, -0.2) is 4.98 Å². The molecule has 156 valence electrons. The smallest absolute Gasteiger partial charge is 0.238 e. The highest BCUT2D eigenvalue weighted by atomic mass is 35.5. The maximum atomic E-state index is 13.2. The van der Waals surface area contributed by atoms with E-state index in [0.717, 1.165) is 11.1 Å². The minimum Gasteiger partial charge on any atom is -0.384 e. The Morgan fingerprint density at radius 1 is 1.28 bits per heavy atom. The first-order valence-electron chi connectivity index (χ1n) is 9.42. The Bertz CT molecular complexity index is 858. The molecule has 1 aromatic carbocycles. The largest absolute Gasteiger partial charge is 0.384 e. The van der Waals surface area contributed by atoms with Gasteiger partial charge in [0.1, 0.15) is 11.4 Å². The van der Waals surface area contributed by atoms with Crippen LogP contribution in [0.4, 0.5) is 5.82 Å². The number of nitrogens with zero attached hydrogens (tertiary/aromatic N) is 2. The summed E-state index contributed by atoms with van der Waals surface area (Å²) in [6, 6.07) is 10.7. The van der Waals surface area contributed by atoms with Gasteiger partial charge in [0.2, 0.25) is 11.8 Å². The fourth-order valence-corrected chi connectivity index (χ4v) is 3.47. The third-order valence-corrected chi connectivity index (χ3v) is 5.64. The number of halogens is 1. The van der Waals surface area contributed by atoms with Crippen LogP contribution in [0.5, 0.6) is 0 Å². The molecule has 0 aliphatic rings.